The lowest BCUT2D eigenvalue weighted by molar-refractivity contribution is -0.140. The number of carbonyl (C=O) groups is 1. The third kappa shape index (κ3) is 2.62. The summed E-state index contributed by atoms with van der Waals surface area (Å²) in [6, 6.07) is 0. The molecule has 0 saturated carbocycles. The van der Waals surface area contributed by atoms with Crippen LogP contribution in [0, 0.1) is 0 Å². The van der Waals surface area contributed by atoms with Gasteiger partial charge in [0.2, 0.25) is 0 Å². The normalized spacial score (nSPS) is 11.2. The number of aromatic nitrogens is 1. The number of hydrogen-bond donors (Lipinski definition) is 1. The van der Waals surface area contributed by atoms with Crippen LogP contribution in [0.5, 0.6) is 5.75 Å². The van der Waals surface area contributed by atoms with E-state index in [1.54, 1.807) is 0 Å². The van der Waals surface area contributed by atoms with Crippen molar-refractivity contribution >= 4 is 5.97 Å². The van der Waals surface area contributed by atoms with Gasteiger partial charge in [-0.15, -0.1) is 0 Å². The van der Waals surface area contributed by atoms with Crippen LogP contribution in [0.25, 0.3) is 0 Å². The molecule has 0 spiro atoms. The molecule has 0 unspecified atom stereocenters. The van der Waals surface area contributed by atoms with E-state index in [4.69, 9.17) is 5.11 Å². The molecule has 4 nitrogen and oxygen atoms in total. The highest BCUT2D eigenvalue weighted by molar-refractivity contribution is 5.72. The molecule has 0 aromatic carbocycles. The third-order valence-electron chi connectivity index (χ3n) is 1.87. The number of aliphatic carboxylic acids is 1. The quantitative estimate of drug-likeness (QED) is 0.866. The first-order valence-electron chi connectivity index (χ1n) is 4.16. The summed E-state index contributed by atoms with van der Waals surface area (Å²) in [5.41, 5.74) is -1.51. The number of halogens is 3. The van der Waals surface area contributed by atoms with Gasteiger partial charge in [-0.05, 0) is 0 Å². The Morgan fingerprint density at radius 3 is 2.56 bits per heavy atom. The monoisotopic (exact) mass is 235 g/mol. The zero-order valence-corrected chi connectivity index (χ0v) is 8.21. The second kappa shape index (κ2) is 4.38. The Labute approximate surface area is 88.7 Å². The summed E-state index contributed by atoms with van der Waals surface area (Å²) in [6.45, 7) is 0. The van der Waals surface area contributed by atoms with Crippen LogP contribution < -0.4 is 4.74 Å². The summed E-state index contributed by atoms with van der Waals surface area (Å²) in [5.74, 6) is -1.55. The molecular weight excluding hydrogens is 227 g/mol. The maximum Gasteiger partial charge on any atom is 0.418 e. The van der Waals surface area contributed by atoms with Gasteiger partial charge in [0.15, 0.2) is 0 Å². The van der Waals surface area contributed by atoms with Crippen LogP contribution in [-0.2, 0) is 17.4 Å². The summed E-state index contributed by atoms with van der Waals surface area (Å²) in [4.78, 5) is 13.8. The molecule has 0 radical (unpaired) electrons. The second-order valence-electron chi connectivity index (χ2n) is 2.94. The summed E-state index contributed by atoms with van der Waals surface area (Å²) < 4.78 is 42.2. The smallest absolute Gasteiger partial charge is 0.418 e. The lowest BCUT2D eigenvalue weighted by Crippen LogP contribution is -2.14. The van der Waals surface area contributed by atoms with Crippen LogP contribution in [0.3, 0.4) is 0 Å². The van der Waals surface area contributed by atoms with Gasteiger partial charge in [-0.25, -0.2) is 0 Å². The molecule has 0 aliphatic rings. The van der Waals surface area contributed by atoms with Gasteiger partial charge in [0.05, 0.1) is 25.3 Å². The van der Waals surface area contributed by atoms with Gasteiger partial charge < -0.3 is 9.84 Å². The van der Waals surface area contributed by atoms with Gasteiger partial charge >= 0.3 is 12.1 Å². The summed E-state index contributed by atoms with van der Waals surface area (Å²) in [6.07, 6.45) is -3.78. The zero-order valence-electron chi connectivity index (χ0n) is 8.21. The largest absolute Gasteiger partial charge is 0.495 e. The standard InChI is InChI=1S/C9H8F3NO3/c1-16-7-4-13-3-6(9(10,11)12)5(7)2-8(14)15/h3-4H,2H2,1H3,(H,14,15). The fourth-order valence-corrected chi connectivity index (χ4v) is 1.22. The Balaban J connectivity index is 3.31. The number of alkyl halides is 3. The van der Waals surface area contributed by atoms with E-state index >= 15 is 0 Å². The zero-order chi connectivity index (χ0) is 12.3. The van der Waals surface area contributed by atoms with Gasteiger partial charge in [-0.2, -0.15) is 13.2 Å². The van der Waals surface area contributed by atoms with Crippen LogP contribution in [-0.4, -0.2) is 23.2 Å². The van der Waals surface area contributed by atoms with Crippen LogP contribution >= 0.6 is 0 Å². The lowest BCUT2D eigenvalue weighted by atomic mass is 10.1. The SMILES string of the molecule is COc1cncc(C(F)(F)F)c1CC(=O)O. The van der Waals surface area contributed by atoms with Gasteiger partial charge in [0.25, 0.3) is 0 Å². The summed E-state index contributed by atoms with van der Waals surface area (Å²) in [5, 5.41) is 8.53. The van der Waals surface area contributed by atoms with Crippen LogP contribution in [0.15, 0.2) is 12.4 Å². The molecule has 7 heteroatoms. The molecule has 0 aliphatic carbocycles. The Morgan fingerprint density at radius 2 is 2.12 bits per heavy atom. The predicted octanol–water partition coefficient (Wildman–Crippen LogP) is 1.74. The average molecular weight is 235 g/mol. The molecule has 1 heterocycles. The van der Waals surface area contributed by atoms with Crippen molar-refractivity contribution in [2.24, 2.45) is 0 Å². The van der Waals surface area contributed by atoms with E-state index in [1.165, 1.54) is 0 Å². The second-order valence-corrected chi connectivity index (χ2v) is 2.94. The van der Waals surface area contributed by atoms with Crippen molar-refractivity contribution in [1.29, 1.82) is 0 Å². The molecule has 0 amide bonds. The number of ether oxygens (including phenoxy) is 1. The van der Waals surface area contributed by atoms with E-state index in [0.29, 0.717) is 6.20 Å². The summed E-state index contributed by atoms with van der Waals surface area (Å²) >= 11 is 0. The molecule has 0 saturated heterocycles. The van der Waals surface area contributed by atoms with Gasteiger partial charge in [-0.3, -0.25) is 9.78 Å². The summed E-state index contributed by atoms with van der Waals surface area (Å²) in [7, 11) is 1.16. The fourth-order valence-electron chi connectivity index (χ4n) is 1.22. The highest BCUT2D eigenvalue weighted by atomic mass is 19.4. The number of nitrogens with zero attached hydrogens (tertiary/aromatic N) is 1. The number of carboxylic acid groups (broad SMARTS) is 1. The van der Waals surface area contributed by atoms with E-state index in [-0.39, 0.29) is 5.75 Å². The number of pyridine rings is 1. The van der Waals surface area contributed by atoms with E-state index in [1.807, 2.05) is 0 Å². The molecule has 0 aliphatic heterocycles. The minimum atomic E-state index is -4.65. The van der Waals surface area contributed by atoms with Crippen molar-refractivity contribution in [2.45, 2.75) is 12.6 Å². The van der Waals surface area contributed by atoms with Crippen molar-refractivity contribution in [2.75, 3.05) is 7.11 Å². The molecular formula is C9H8F3NO3. The molecule has 0 atom stereocenters. The molecule has 1 N–H and O–H groups in total. The van der Waals surface area contributed by atoms with Gasteiger partial charge in [-0.1, -0.05) is 0 Å². The Bertz CT molecular complexity index is 403. The van der Waals surface area contributed by atoms with Gasteiger partial charge in [0, 0.05) is 11.8 Å². The van der Waals surface area contributed by atoms with E-state index in [9.17, 15) is 18.0 Å². The molecule has 16 heavy (non-hydrogen) atoms. The van der Waals surface area contributed by atoms with Crippen molar-refractivity contribution in [3.8, 4) is 5.75 Å². The first-order chi connectivity index (χ1) is 7.36. The van der Waals surface area contributed by atoms with Crippen LogP contribution in [0.4, 0.5) is 13.2 Å². The highest BCUT2D eigenvalue weighted by Gasteiger charge is 2.35. The first-order valence-corrected chi connectivity index (χ1v) is 4.16. The van der Waals surface area contributed by atoms with Crippen molar-refractivity contribution in [3.05, 3.63) is 23.5 Å². The minimum Gasteiger partial charge on any atom is -0.495 e. The van der Waals surface area contributed by atoms with E-state index < -0.39 is 29.7 Å². The van der Waals surface area contributed by atoms with Crippen molar-refractivity contribution in [3.63, 3.8) is 0 Å². The number of hydrogen-bond acceptors (Lipinski definition) is 3. The predicted molar refractivity (Wildman–Crippen MR) is 47.1 cm³/mol. The fraction of sp³-hybridized carbons (Fsp3) is 0.333. The minimum absolute atomic E-state index is 0.183. The molecule has 0 fully saturated rings. The maximum atomic E-state index is 12.5. The lowest BCUT2D eigenvalue weighted by Gasteiger charge is -2.13. The van der Waals surface area contributed by atoms with Gasteiger partial charge in [0.1, 0.15) is 5.75 Å². The van der Waals surface area contributed by atoms with E-state index in [0.717, 1.165) is 13.3 Å². The Morgan fingerprint density at radius 1 is 1.50 bits per heavy atom. The van der Waals surface area contributed by atoms with Crippen molar-refractivity contribution in [1.82, 2.24) is 4.98 Å². The molecule has 1 rings (SSSR count). The van der Waals surface area contributed by atoms with E-state index in [2.05, 4.69) is 9.72 Å². The third-order valence-corrected chi connectivity index (χ3v) is 1.87. The highest BCUT2D eigenvalue weighted by Crippen LogP contribution is 2.35. The number of rotatable bonds is 3. The molecule has 1 aromatic heterocycles. The first kappa shape index (κ1) is 12.3. The van der Waals surface area contributed by atoms with Crippen LogP contribution in [0.1, 0.15) is 11.1 Å². The average Bonchev–Trinajstić information content (AvgIpc) is 2.15. The van der Waals surface area contributed by atoms with Crippen LogP contribution in [0.2, 0.25) is 0 Å². The Kier molecular flexibility index (Phi) is 3.36. The maximum absolute atomic E-state index is 12.5. The molecule has 88 valence electrons. The number of carboxylic acids is 1. The molecule has 1 aromatic rings. The van der Waals surface area contributed by atoms with Crippen molar-refractivity contribution < 1.29 is 27.8 Å². The Hall–Kier alpha value is -1.79. The number of methoxy groups -OCH3 is 1. The topological polar surface area (TPSA) is 59.4 Å². The molecule has 0 bridgehead atoms.